The summed E-state index contributed by atoms with van der Waals surface area (Å²) in [6.07, 6.45) is 3.22. The van der Waals surface area contributed by atoms with Crippen LogP contribution in [0.3, 0.4) is 0 Å². The molecule has 0 saturated carbocycles. The molecule has 0 radical (unpaired) electrons. The lowest BCUT2D eigenvalue weighted by molar-refractivity contribution is 0.0907. The van der Waals surface area contributed by atoms with Gasteiger partial charge in [-0.15, -0.1) is 0 Å². The van der Waals surface area contributed by atoms with E-state index in [9.17, 15) is 4.79 Å². The molecule has 0 unspecified atom stereocenters. The lowest BCUT2D eigenvalue weighted by atomic mass is 9.96. The summed E-state index contributed by atoms with van der Waals surface area (Å²) >= 11 is 8.38. The molecule has 17 heavy (non-hydrogen) atoms. The van der Waals surface area contributed by atoms with Gasteiger partial charge in [-0.1, -0.05) is 13.8 Å². The van der Waals surface area contributed by atoms with Gasteiger partial charge in [0.15, 0.2) is 5.78 Å². The van der Waals surface area contributed by atoms with Gasteiger partial charge in [0.1, 0.15) is 5.69 Å². The molecule has 1 aromatic heterocycles. The zero-order chi connectivity index (χ0) is 12.8. The standard InChI is InChI=1S/C12H18N2OS2/c1-3-8(4-2)12(15)9-5-13-10(6-16)11(7-17)14-9/h5,8,16-17H,3-4,6-7H2,1-2H3. The largest absolute Gasteiger partial charge is 0.292 e. The average molecular weight is 270 g/mol. The Kier molecular flexibility index (Phi) is 5.98. The molecule has 0 N–H and O–H groups in total. The van der Waals surface area contributed by atoms with E-state index in [2.05, 4.69) is 35.2 Å². The zero-order valence-corrected chi connectivity index (χ0v) is 12.0. The van der Waals surface area contributed by atoms with E-state index in [4.69, 9.17) is 0 Å². The minimum atomic E-state index is 0.0407. The molecule has 5 heteroatoms. The molecular weight excluding hydrogens is 252 g/mol. The first-order valence-corrected chi connectivity index (χ1v) is 7.05. The molecule has 0 aromatic carbocycles. The average Bonchev–Trinajstić information content (AvgIpc) is 2.39. The van der Waals surface area contributed by atoms with E-state index in [0.717, 1.165) is 24.2 Å². The van der Waals surface area contributed by atoms with Crippen LogP contribution >= 0.6 is 25.3 Å². The third-order valence-electron chi connectivity index (χ3n) is 2.84. The van der Waals surface area contributed by atoms with Crippen LogP contribution in [0.1, 0.15) is 48.6 Å². The number of carbonyl (C=O) groups is 1. The molecule has 0 fully saturated rings. The van der Waals surface area contributed by atoms with E-state index in [1.165, 1.54) is 0 Å². The van der Waals surface area contributed by atoms with Crippen LogP contribution in [0.2, 0.25) is 0 Å². The molecule has 0 aliphatic heterocycles. The predicted molar refractivity (Wildman–Crippen MR) is 75.8 cm³/mol. The summed E-state index contributed by atoms with van der Waals surface area (Å²) in [4.78, 5) is 20.7. The molecule has 3 nitrogen and oxygen atoms in total. The first kappa shape index (κ1) is 14.5. The van der Waals surface area contributed by atoms with Crippen LogP contribution in [0.15, 0.2) is 6.20 Å². The van der Waals surface area contributed by atoms with Gasteiger partial charge in [-0.2, -0.15) is 25.3 Å². The summed E-state index contributed by atoms with van der Waals surface area (Å²) < 4.78 is 0. The van der Waals surface area contributed by atoms with E-state index in [1.54, 1.807) is 6.20 Å². The fourth-order valence-corrected chi connectivity index (χ4v) is 2.22. The van der Waals surface area contributed by atoms with Crippen molar-refractivity contribution >= 4 is 31.0 Å². The Hall–Kier alpha value is -0.550. The van der Waals surface area contributed by atoms with Gasteiger partial charge in [0.05, 0.1) is 17.6 Å². The molecule has 0 amide bonds. The first-order chi connectivity index (χ1) is 8.17. The SMILES string of the molecule is CCC(CC)C(=O)c1cnc(CS)c(CS)n1. The van der Waals surface area contributed by atoms with Crippen LogP contribution in [0, 0.1) is 5.92 Å². The summed E-state index contributed by atoms with van der Waals surface area (Å²) in [5.41, 5.74) is 2.00. The Morgan fingerprint density at radius 3 is 2.29 bits per heavy atom. The van der Waals surface area contributed by atoms with Crippen molar-refractivity contribution in [2.45, 2.75) is 38.2 Å². The number of ketones is 1. The number of hydrogen-bond donors (Lipinski definition) is 2. The monoisotopic (exact) mass is 270 g/mol. The highest BCUT2D eigenvalue weighted by Gasteiger charge is 2.19. The van der Waals surface area contributed by atoms with Gasteiger partial charge in [-0.05, 0) is 12.8 Å². The molecule has 0 aliphatic rings. The van der Waals surface area contributed by atoms with Gasteiger partial charge >= 0.3 is 0 Å². The molecule has 94 valence electrons. The number of Topliss-reactive ketones (excluding diaryl/α,β-unsaturated/α-hetero) is 1. The van der Waals surface area contributed by atoms with Crippen molar-refractivity contribution in [3.8, 4) is 0 Å². The summed E-state index contributed by atoms with van der Waals surface area (Å²) in [5.74, 6) is 1.12. The number of hydrogen-bond acceptors (Lipinski definition) is 5. The Bertz CT molecular complexity index is 392. The van der Waals surface area contributed by atoms with Crippen molar-refractivity contribution < 1.29 is 4.79 Å². The van der Waals surface area contributed by atoms with Crippen LogP contribution in [-0.4, -0.2) is 15.8 Å². The fraction of sp³-hybridized carbons (Fsp3) is 0.583. The Morgan fingerprint density at radius 1 is 1.24 bits per heavy atom. The molecule has 1 heterocycles. The Labute approximate surface area is 113 Å². The van der Waals surface area contributed by atoms with E-state index >= 15 is 0 Å². The minimum absolute atomic E-state index is 0.0407. The number of thiol groups is 2. The van der Waals surface area contributed by atoms with Crippen LogP contribution in [0.25, 0.3) is 0 Å². The molecule has 0 aliphatic carbocycles. The fourth-order valence-electron chi connectivity index (χ4n) is 1.70. The van der Waals surface area contributed by atoms with Gasteiger partial charge < -0.3 is 0 Å². The third kappa shape index (κ3) is 3.45. The normalized spacial score (nSPS) is 10.9. The number of rotatable bonds is 6. The van der Waals surface area contributed by atoms with E-state index < -0.39 is 0 Å². The summed E-state index contributed by atoms with van der Waals surface area (Å²) in [6, 6.07) is 0. The lowest BCUT2D eigenvalue weighted by Gasteiger charge is -2.11. The molecular formula is C12H18N2OS2. The van der Waals surface area contributed by atoms with E-state index in [-0.39, 0.29) is 11.7 Å². The van der Waals surface area contributed by atoms with E-state index in [0.29, 0.717) is 17.2 Å². The van der Waals surface area contributed by atoms with Crippen LogP contribution in [0.5, 0.6) is 0 Å². The minimum Gasteiger partial charge on any atom is -0.292 e. The number of nitrogens with zero attached hydrogens (tertiary/aromatic N) is 2. The molecule has 0 atom stereocenters. The summed E-state index contributed by atoms with van der Waals surface area (Å²) in [6.45, 7) is 4.03. The molecule has 1 rings (SSSR count). The van der Waals surface area contributed by atoms with Crippen molar-refractivity contribution in [2.24, 2.45) is 5.92 Å². The zero-order valence-electron chi connectivity index (χ0n) is 10.2. The van der Waals surface area contributed by atoms with Crippen molar-refractivity contribution in [2.75, 3.05) is 0 Å². The highest BCUT2D eigenvalue weighted by molar-refractivity contribution is 7.79. The van der Waals surface area contributed by atoms with Crippen molar-refractivity contribution in [3.63, 3.8) is 0 Å². The third-order valence-corrected chi connectivity index (χ3v) is 3.44. The smallest absolute Gasteiger partial charge is 0.185 e. The van der Waals surface area contributed by atoms with Gasteiger partial charge in [0.2, 0.25) is 0 Å². The Balaban J connectivity index is 3.03. The van der Waals surface area contributed by atoms with Gasteiger partial charge in [0, 0.05) is 17.4 Å². The second kappa shape index (κ2) is 7.01. The summed E-state index contributed by atoms with van der Waals surface area (Å²) in [5, 5.41) is 0. The van der Waals surface area contributed by atoms with Crippen LogP contribution < -0.4 is 0 Å². The maximum Gasteiger partial charge on any atom is 0.185 e. The summed E-state index contributed by atoms with van der Waals surface area (Å²) in [7, 11) is 0. The van der Waals surface area contributed by atoms with Crippen LogP contribution in [0.4, 0.5) is 0 Å². The van der Waals surface area contributed by atoms with Crippen molar-refractivity contribution in [1.29, 1.82) is 0 Å². The Morgan fingerprint density at radius 2 is 1.82 bits per heavy atom. The maximum absolute atomic E-state index is 12.1. The highest BCUT2D eigenvalue weighted by atomic mass is 32.1. The topological polar surface area (TPSA) is 42.9 Å². The highest BCUT2D eigenvalue weighted by Crippen LogP contribution is 2.16. The lowest BCUT2D eigenvalue weighted by Crippen LogP contribution is -2.16. The van der Waals surface area contributed by atoms with Crippen LogP contribution in [-0.2, 0) is 11.5 Å². The first-order valence-electron chi connectivity index (χ1n) is 5.78. The van der Waals surface area contributed by atoms with Gasteiger partial charge in [-0.3, -0.25) is 9.78 Å². The quantitative estimate of drug-likeness (QED) is 0.617. The number of carbonyl (C=O) groups excluding carboxylic acids is 1. The van der Waals surface area contributed by atoms with Gasteiger partial charge in [0.25, 0.3) is 0 Å². The van der Waals surface area contributed by atoms with Crippen molar-refractivity contribution in [1.82, 2.24) is 9.97 Å². The predicted octanol–water partition coefficient (Wildman–Crippen LogP) is 2.96. The van der Waals surface area contributed by atoms with E-state index in [1.807, 2.05) is 13.8 Å². The second-order valence-electron chi connectivity index (χ2n) is 3.84. The molecule has 1 aromatic rings. The maximum atomic E-state index is 12.1. The second-order valence-corrected chi connectivity index (χ2v) is 4.47. The van der Waals surface area contributed by atoms with Gasteiger partial charge in [-0.25, -0.2) is 4.98 Å². The molecule has 0 saturated heterocycles. The molecule has 0 spiro atoms. The van der Waals surface area contributed by atoms with Crippen molar-refractivity contribution in [3.05, 3.63) is 23.3 Å². The molecule has 0 bridgehead atoms. The number of aromatic nitrogens is 2.